The van der Waals surface area contributed by atoms with Gasteiger partial charge in [0.05, 0.1) is 18.1 Å². The molecular weight excluding hydrogens is 298 g/mol. The van der Waals surface area contributed by atoms with Gasteiger partial charge in [-0.05, 0) is 25.6 Å². The summed E-state index contributed by atoms with van der Waals surface area (Å²) in [5.41, 5.74) is 0.926. The standard InChI is InChI=1S/C16H25N3O4/c1-14-3-4-15(19(20)21)16(13-14)23-12-11-22-10-9-18-7-5-17(2)6-8-18/h3-4,13H,5-12H2,1-2H3. The van der Waals surface area contributed by atoms with Crippen LogP contribution in [0.15, 0.2) is 18.2 Å². The van der Waals surface area contributed by atoms with E-state index in [1.165, 1.54) is 6.07 Å². The van der Waals surface area contributed by atoms with Gasteiger partial charge in [0.1, 0.15) is 6.61 Å². The zero-order valence-electron chi connectivity index (χ0n) is 13.9. The van der Waals surface area contributed by atoms with Gasteiger partial charge in [-0.2, -0.15) is 0 Å². The molecule has 0 unspecified atom stereocenters. The highest BCUT2D eigenvalue weighted by molar-refractivity contribution is 5.48. The molecule has 0 saturated carbocycles. The molecular formula is C16H25N3O4. The second-order valence-corrected chi connectivity index (χ2v) is 5.83. The van der Waals surface area contributed by atoms with Crippen LogP contribution < -0.4 is 4.74 Å². The van der Waals surface area contributed by atoms with Gasteiger partial charge < -0.3 is 14.4 Å². The van der Waals surface area contributed by atoms with Gasteiger partial charge in [0.25, 0.3) is 0 Å². The minimum Gasteiger partial charge on any atom is -0.484 e. The van der Waals surface area contributed by atoms with Gasteiger partial charge in [-0.3, -0.25) is 15.0 Å². The summed E-state index contributed by atoms with van der Waals surface area (Å²) in [7, 11) is 2.13. The van der Waals surface area contributed by atoms with E-state index in [9.17, 15) is 10.1 Å². The summed E-state index contributed by atoms with van der Waals surface area (Å²) in [6, 6.07) is 4.86. The van der Waals surface area contributed by atoms with E-state index in [1.807, 2.05) is 6.92 Å². The summed E-state index contributed by atoms with van der Waals surface area (Å²) in [5.74, 6) is 0.303. The number of benzene rings is 1. The molecule has 1 aromatic rings. The third-order valence-electron chi connectivity index (χ3n) is 3.94. The second kappa shape index (κ2) is 8.81. The molecule has 2 rings (SSSR count). The Morgan fingerprint density at radius 1 is 1.17 bits per heavy atom. The first-order valence-electron chi connectivity index (χ1n) is 7.93. The molecule has 7 heteroatoms. The van der Waals surface area contributed by atoms with Crippen molar-refractivity contribution < 1.29 is 14.4 Å². The van der Waals surface area contributed by atoms with Gasteiger partial charge >= 0.3 is 5.69 Å². The maximum absolute atomic E-state index is 11.0. The van der Waals surface area contributed by atoms with Crippen molar-refractivity contribution in [3.05, 3.63) is 33.9 Å². The average molecular weight is 323 g/mol. The van der Waals surface area contributed by atoms with Crippen molar-refractivity contribution >= 4 is 5.69 Å². The van der Waals surface area contributed by atoms with Crippen LogP contribution in [0.4, 0.5) is 5.69 Å². The van der Waals surface area contributed by atoms with Crippen molar-refractivity contribution in [2.24, 2.45) is 0 Å². The number of nitrogens with zero attached hydrogens (tertiary/aromatic N) is 3. The molecule has 1 aromatic carbocycles. The molecule has 128 valence electrons. The molecule has 1 saturated heterocycles. The van der Waals surface area contributed by atoms with Gasteiger partial charge in [-0.25, -0.2) is 0 Å². The molecule has 23 heavy (non-hydrogen) atoms. The molecule has 7 nitrogen and oxygen atoms in total. The molecule has 0 radical (unpaired) electrons. The van der Waals surface area contributed by atoms with E-state index in [0.29, 0.717) is 25.6 Å². The number of piperazine rings is 1. The number of hydrogen-bond acceptors (Lipinski definition) is 6. The van der Waals surface area contributed by atoms with Crippen LogP contribution >= 0.6 is 0 Å². The Balaban J connectivity index is 1.64. The smallest absolute Gasteiger partial charge is 0.310 e. The van der Waals surface area contributed by atoms with Crippen molar-refractivity contribution in [1.82, 2.24) is 9.80 Å². The van der Waals surface area contributed by atoms with Crippen molar-refractivity contribution in [3.8, 4) is 5.75 Å². The summed E-state index contributed by atoms with van der Waals surface area (Å²) in [6.45, 7) is 8.54. The summed E-state index contributed by atoms with van der Waals surface area (Å²) in [5, 5.41) is 11.0. The fourth-order valence-electron chi connectivity index (χ4n) is 2.47. The van der Waals surface area contributed by atoms with Crippen molar-refractivity contribution in [2.45, 2.75) is 6.92 Å². The Hall–Kier alpha value is -1.70. The van der Waals surface area contributed by atoms with E-state index in [0.717, 1.165) is 38.3 Å². The Labute approximate surface area is 136 Å². The van der Waals surface area contributed by atoms with Gasteiger partial charge in [0.15, 0.2) is 5.75 Å². The van der Waals surface area contributed by atoms with Crippen LogP contribution in [0.25, 0.3) is 0 Å². The first-order valence-corrected chi connectivity index (χ1v) is 7.93. The van der Waals surface area contributed by atoms with Gasteiger partial charge in [-0.15, -0.1) is 0 Å². The molecule has 1 fully saturated rings. The van der Waals surface area contributed by atoms with E-state index >= 15 is 0 Å². The van der Waals surface area contributed by atoms with E-state index in [2.05, 4.69) is 16.8 Å². The van der Waals surface area contributed by atoms with Crippen LogP contribution in [0.1, 0.15) is 5.56 Å². The first-order chi connectivity index (χ1) is 11.1. The highest BCUT2D eigenvalue weighted by Crippen LogP contribution is 2.27. The summed E-state index contributed by atoms with van der Waals surface area (Å²) in [6.07, 6.45) is 0. The molecule has 0 atom stereocenters. The number of rotatable bonds is 8. The van der Waals surface area contributed by atoms with Crippen molar-refractivity contribution in [1.29, 1.82) is 0 Å². The van der Waals surface area contributed by atoms with Crippen molar-refractivity contribution in [2.75, 3.05) is 59.6 Å². The SMILES string of the molecule is Cc1ccc([N+](=O)[O-])c(OCCOCCN2CCN(C)CC2)c1. The Morgan fingerprint density at radius 3 is 2.61 bits per heavy atom. The lowest BCUT2D eigenvalue weighted by atomic mass is 10.2. The number of ether oxygens (including phenoxy) is 2. The summed E-state index contributed by atoms with van der Waals surface area (Å²) >= 11 is 0. The average Bonchev–Trinajstić information content (AvgIpc) is 2.52. The van der Waals surface area contributed by atoms with E-state index < -0.39 is 4.92 Å². The normalized spacial score (nSPS) is 16.4. The largest absolute Gasteiger partial charge is 0.484 e. The number of hydrogen-bond donors (Lipinski definition) is 0. The third-order valence-corrected chi connectivity index (χ3v) is 3.94. The Morgan fingerprint density at radius 2 is 1.91 bits per heavy atom. The lowest BCUT2D eigenvalue weighted by molar-refractivity contribution is -0.385. The van der Waals surface area contributed by atoms with Crippen molar-refractivity contribution in [3.63, 3.8) is 0 Å². The highest BCUT2D eigenvalue weighted by Gasteiger charge is 2.15. The number of nitro groups is 1. The zero-order valence-corrected chi connectivity index (χ0v) is 13.9. The number of aryl methyl sites for hydroxylation is 1. The highest BCUT2D eigenvalue weighted by atomic mass is 16.6. The van der Waals surface area contributed by atoms with Crippen LogP contribution in [0.5, 0.6) is 5.75 Å². The van der Waals surface area contributed by atoms with E-state index in [1.54, 1.807) is 12.1 Å². The Bertz CT molecular complexity index is 516. The maximum atomic E-state index is 11.0. The van der Waals surface area contributed by atoms with Gasteiger partial charge in [0.2, 0.25) is 0 Å². The monoisotopic (exact) mass is 323 g/mol. The fraction of sp³-hybridized carbons (Fsp3) is 0.625. The van der Waals surface area contributed by atoms with Crippen LogP contribution in [0.3, 0.4) is 0 Å². The lowest BCUT2D eigenvalue weighted by Crippen LogP contribution is -2.45. The molecule has 1 heterocycles. The molecule has 0 aromatic heterocycles. The molecule has 0 amide bonds. The maximum Gasteiger partial charge on any atom is 0.310 e. The quantitative estimate of drug-likeness (QED) is 0.411. The van der Waals surface area contributed by atoms with E-state index in [4.69, 9.17) is 9.47 Å². The van der Waals surface area contributed by atoms with Crippen LogP contribution in [0, 0.1) is 17.0 Å². The predicted octanol–water partition coefficient (Wildman–Crippen LogP) is 1.55. The summed E-state index contributed by atoms with van der Waals surface area (Å²) in [4.78, 5) is 15.2. The zero-order chi connectivity index (χ0) is 16.7. The number of nitro benzene ring substituents is 1. The second-order valence-electron chi connectivity index (χ2n) is 5.83. The molecule has 0 bridgehead atoms. The molecule has 1 aliphatic heterocycles. The fourth-order valence-corrected chi connectivity index (χ4v) is 2.47. The molecule has 0 spiro atoms. The predicted molar refractivity (Wildman–Crippen MR) is 88.1 cm³/mol. The first kappa shape index (κ1) is 17.7. The minimum absolute atomic E-state index is 0.00645. The number of likely N-dealkylation sites (N-methyl/N-ethyl adjacent to an activating group) is 1. The summed E-state index contributed by atoms with van der Waals surface area (Å²) < 4.78 is 11.1. The van der Waals surface area contributed by atoms with Gasteiger partial charge in [-0.1, -0.05) is 6.07 Å². The van der Waals surface area contributed by atoms with Gasteiger partial charge in [0, 0.05) is 38.8 Å². The van der Waals surface area contributed by atoms with Crippen LogP contribution in [-0.2, 0) is 4.74 Å². The topological polar surface area (TPSA) is 68.1 Å². The molecule has 1 aliphatic rings. The van der Waals surface area contributed by atoms with Crippen LogP contribution in [0.2, 0.25) is 0 Å². The molecule has 0 N–H and O–H groups in total. The third kappa shape index (κ3) is 5.78. The van der Waals surface area contributed by atoms with Crippen LogP contribution in [-0.4, -0.2) is 74.3 Å². The minimum atomic E-state index is -0.428. The lowest BCUT2D eigenvalue weighted by Gasteiger charge is -2.32. The van der Waals surface area contributed by atoms with E-state index in [-0.39, 0.29) is 5.69 Å². The molecule has 0 aliphatic carbocycles. The Kier molecular flexibility index (Phi) is 6.76.